The summed E-state index contributed by atoms with van der Waals surface area (Å²) in [5, 5.41) is 11.5. The summed E-state index contributed by atoms with van der Waals surface area (Å²) < 4.78 is 11.0. The number of tetrazole rings is 1. The Labute approximate surface area is 117 Å². The number of rotatable bonds is 4. The molecule has 7 nitrogen and oxygen atoms in total. The summed E-state index contributed by atoms with van der Waals surface area (Å²) in [6.07, 6.45) is 0. The van der Waals surface area contributed by atoms with E-state index in [0.717, 1.165) is 4.47 Å². The maximum atomic E-state index is 11.6. The largest absolute Gasteiger partial charge is 0.485 e. The second-order valence-electron chi connectivity index (χ2n) is 3.62. The van der Waals surface area contributed by atoms with Gasteiger partial charge in [-0.1, -0.05) is 15.9 Å². The van der Waals surface area contributed by atoms with Crippen LogP contribution < -0.4 is 4.74 Å². The van der Waals surface area contributed by atoms with Crippen molar-refractivity contribution in [2.24, 2.45) is 7.05 Å². The normalized spacial score (nSPS) is 10.3. The van der Waals surface area contributed by atoms with Crippen molar-refractivity contribution in [2.45, 2.75) is 6.61 Å². The highest BCUT2D eigenvalue weighted by Crippen LogP contribution is 2.25. The van der Waals surface area contributed by atoms with E-state index in [4.69, 9.17) is 9.47 Å². The van der Waals surface area contributed by atoms with E-state index in [1.165, 1.54) is 11.9 Å². The molecular formula is C11H11BrN4O3. The van der Waals surface area contributed by atoms with Crippen molar-refractivity contribution in [3.8, 4) is 5.75 Å². The average Bonchev–Trinajstić information content (AvgIpc) is 2.81. The van der Waals surface area contributed by atoms with Gasteiger partial charge in [-0.05, 0) is 23.4 Å². The Morgan fingerprint density at radius 3 is 2.89 bits per heavy atom. The topological polar surface area (TPSA) is 79.1 Å². The number of hydrogen-bond acceptors (Lipinski definition) is 6. The van der Waals surface area contributed by atoms with Crippen LogP contribution in [0.2, 0.25) is 0 Å². The van der Waals surface area contributed by atoms with Gasteiger partial charge in [-0.3, -0.25) is 0 Å². The number of carbonyl (C=O) groups is 1. The predicted octanol–water partition coefficient (Wildman–Crippen LogP) is 1.34. The minimum atomic E-state index is -0.463. The minimum Gasteiger partial charge on any atom is -0.485 e. The van der Waals surface area contributed by atoms with Crippen molar-refractivity contribution in [1.29, 1.82) is 0 Å². The number of aryl methyl sites for hydroxylation is 1. The molecule has 0 saturated carbocycles. The first kappa shape index (κ1) is 13.5. The number of ether oxygens (including phenoxy) is 2. The van der Waals surface area contributed by atoms with Gasteiger partial charge in [-0.25, -0.2) is 4.79 Å². The molecule has 0 aliphatic rings. The zero-order valence-electron chi connectivity index (χ0n) is 10.3. The molecule has 2 aromatic rings. The van der Waals surface area contributed by atoms with Gasteiger partial charge in [-0.2, -0.15) is 4.80 Å². The SMILES string of the molecule is COC(=O)c1ccc(Br)cc1OCc1nnn(C)n1. The van der Waals surface area contributed by atoms with Gasteiger partial charge >= 0.3 is 5.97 Å². The lowest BCUT2D eigenvalue weighted by molar-refractivity contribution is 0.0595. The Morgan fingerprint density at radius 2 is 2.26 bits per heavy atom. The number of carbonyl (C=O) groups excluding carboxylic acids is 1. The van der Waals surface area contributed by atoms with E-state index in [1.54, 1.807) is 25.2 Å². The fourth-order valence-corrected chi connectivity index (χ4v) is 1.76. The lowest BCUT2D eigenvalue weighted by Gasteiger charge is -2.09. The highest BCUT2D eigenvalue weighted by molar-refractivity contribution is 9.10. The number of methoxy groups -OCH3 is 1. The van der Waals surface area contributed by atoms with Crippen molar-refractivity contribution in [2.75, 3.05) is 7.11 Å². The first-order valence-electron chi connectivity index (χ1n) is 5.33. The highest BCUT2D eigenvalue weighted by atomic mass is 79.9. The molecule has 0 bridgehead atoms. The zero-order chi connectivity index (χ0) is 13.8. The molecular weight excluding hydrogens is 316 g/mol. The zero-order valence-corrected chi connectivity index (χ0v) is 11.9. The summed E-state index contributed by atoms with van der Waals surface area (Å²) in [6, 6.07) is 5.04. The monoisotopic (exact) mass is 326 g/mol. The second-order valence-corrected chi connectivity index (χ2v) is 4.53. The lowest BCUT2D eigenvalue weighted by atomic mass is 10.2. The van der Waals surface area contributed by atoms with Crippen LogP contribution in [-0.2, 0) is 18.4 Å². The molecule has 0 atom stereocenters. The Morgan fingerprint density at radius 1 is 1.47 bits per heavy atom. The molecule has 0 spiro atoms. The third kappa shape index (κ3) is 3.28. The molecule has 8 heteroatoms. The number of nitrogens with zero attached hydrogens (tertiary/aromatic N) is 4. The lowest BCUT2D eigenvalue weighted by Crippen LogP contribution is -2.06. The predicted molar refractivity (Wildman–Crippen MR) is 68.6 cm³/mol. The molecule has 0 N–H and O–H groups in total. The van der Waals surface area contributed by atoms with Crippen molar-refractivity contribution < 1.29 is 14.3 Å². The van der Waals surface area contributed by atoms with E-state index in [2.05, 4.69) is 31.3 Å². The van der Waals surface area contributed by atoms with Crippen LogP contribution in [0.4, 0.5) is 0 Å². The van der Waals surface area contributed by atoms with Crippen molar-refractivity contribution >= 4 is 21.9 Å². The molecule has 1 aromatic heterocycles. The molecule has 0 amide bonds. The molecule has 100 valence electrons. The number of aromatic nitrogens is 4. The van der Waals surface area contributed by atoms with Crippen LogP contribution in [0, 0.1) is 0 Å². The van der Waals surface area contributed by atoms with E-state index < -0.39 is 5.97 Å². The fourth-order valence-electron chi connectivity index (χ4n) is 1.42. The van der Waals surface area contributed by atoms with Crippen molar-refractivity contribution in [3.63, 3.8) is 0 Å². The summed E-state index contributed by atoms with van der Waals surface area (Å²) in [7, 11) is 2.98. The van der Waals surface area contributed by atoms with Crippen molar-refractivity contribution in [1.82, 2.24) is 20.2 Å². The summed E-state index contributed by atoms with van der Waals surface area (Å²) >= 11 is 3.32. The van der Waals surface area contributed by atoms with Gasteiger partial charge in [0.1, 0.15) is 11.3 Å². The molecule has 0 aliphatic carbocycles. The first-order valence-corrected chi connectivity index (χ1v) is 6.13. The van der Waals surface area contributed by atoms with Gasteiger partial charge in [0.2, 0.25) is 5.82 Å². The van der Waals surface area contributed by atoms with Gasteiger partial charge in [0, 0.05) is 4.47 Å². The first-order chi connectivity index (χ1) is 9.10. The maximum Gasteiger partial charge on any atom is 0.341 e. The third-order valence-electron chi connectivity index (χ3n) is 2.26. The van der Waals surface area contributed by atoms with Gasteiger partial charge in [0.15, 0.2) is 6.61 Å². The quantitative estimate of drug-likeness (QED) is 0.789. The van der Waals surface area contributed by atoms with E-state index in [-0.39, 0.29) is 6.61 Å². The molecule has 0 unspecified atom stereocenters. The molecule has 0 aliphatic heterocycles. The molecule has 0 radical (unpaired) electrons. The molecule has 0 fully saturated rings. The van der Waals surface area contributed by atoms with Gasteiger partial charge in [0.25, 0.3) is 0 Å². The summed E-state index contributed by atoms with van der Waals surface area (Å²) in [4.78, 5) is 12.9. The summed E-state index contributed by atoms with van der Waals surface area (Å²) in [6.45, 7) is 0.119. The van der Waals surface area contributed by atoms with E-state index >= 15 is 0 Å². The molecule has 0 saturated heterocycles. The van der Waals surface area contributed by atoms with E-state index in [9.17, 15) is 4.79 Å². The highest BCUT2D eigenvalue weighted by Gasteiger charge is 2.14. The van der Waals surface area contributed by atoms with Gasteiger partial charge in [0.05, 0.1) is 14.2 Å². The number of hydrogen-bond donors (Lipinski definition) is 0. The van der Waals surface area contributed by atoms with E-state index in [0.29, 0.717) is 17.1 Å². The Kier molecular flexibility index (Phi) is 4.10. The fraction of sp³-hybridized carbons (Fsp3) is 0.273. The number of halogens is 1. The minimum absolute atomic E-state index is 0.119. The van der Waals surface area contributed by atoms with Gasteiger partial charge in [-0.15, -0.1) is 10.2 Å². The molecule has 19 heavy (non-hydrogen) atoms. The molecule has 1 aromatic carbocycles. The van der Waals surface area contributed by atoms with Crippen molar-refractivity contribution in [3.05, 3.63) is 34.1 Å². The van der Waals surface area contributed by atoms with Crippen LogP contribution >= 0.6 is 15.9 Å². The summed E-state index contributed by atoms with van der Waals surface area (Å²) in [5.41, 5.74) is 0.342. The number of esters is 1. The van der Waals surface area contributed by atoms with Crippen LogP contribution in [-0.4, -0.2) is 33.3 Å². The number of benzene rings is 1. The van der Waals surface area contributed by atoms with Crippen LogP contribution in [0.5, 0.6) is 5.75 Å². The van der Waals surface area contributed by atoms with E-state index in [1.807, 2.05) is 0 Å². The Hall–Kier alpha value is -1.96. The Balaban J connectivity index is 2.18. The van der Waals surface area contributed by atoms with Gasteiger partial charge < -0.3 is 9.47 Å². The maximum absolute atomic E-state index is 11.6. The standard InChI is InChI=1S/C11H11BrN4O3/c1-16-14-10(13-15-16)6-19-9-5-7(12)3-4-8(9)11(17)18-2/h3-5H,6H2,1-2H3. The smallest absolute Gasteiger partial charge is 0.341 e. The second kappa shape index (κ2) is 5.79. The Bertz CT molecular complexity index is 599. The third-order valence-corrected chi connectivity index (χ3v) is 2.75. The average molecular weight is 327 g/mol. The molecule has 1 heterocycles. The van der Waals surface area contributed by atoms with Crippen LogP contribution in [0.25, 0.3) is 0 Å². The van der Waals surface area contributed by atoms with Crippen LogP contribution in [0.3, 0.4) is 0 Å². The van der Waals surface area contributed by atoms with Crippen LogP contribution in [0.1, 0.15) is 16.2 Å². The summed E-state index contributed by atoms with van der Waals surface area (Å²) in [5.74, 6) is 0.363. The molecule has 2 rings (SSSR count). The van der Waals surface area contributed by atoms with Crippen LogP contribution in [0.15, 0.2) is 22.7 Å².